The van der Waals surface area contributed by atoms with Gasteiger partial charge in [0, 0.05) is 0 Å². The van der Waals surface area contributed by atoms with E-state index in [1.807, 2.05) is 0 Å². The molecule has 2 rings (SSSR count). The predicted octanol–water partition coefficient (Wildman–Crippen LogP) is 2.07. The molecule has 1 aromatic rings. The lowest BCUT2D eigenvalue weighted by Crippen LogP contribution is -1.97. The fourth-order valence-electron chi connectivity index (χ4n) is 1.45. The zero-order valence-electron chi connectivity index (χ0n) is 6.77. The van der Waals surface area contributed by atoms with Crippen LogP contribution in [0, 0.1) is 13.8 Å². The molecule has 1 N–H and O–H groups in total. The molecule has 0 bridgehead atoms. The van der Waals surface area contributed by atoms with E-state index in [0.29, 0.717) is 6.73 Å². The Morgan fingerprint density at radius 3 is 3.00 bits per heavy atom. The van der Waals surface area contributed by atoms with Gasteiger partial charge in [-0.25, -0.2) is 0 Å². The fourth-order valence-corrected chi connectivity index (χ4v) is 1.45. The molecule has 1 aromatic carbocycles. The molecule has 0 aliphatic carbocycles. The van der Waals surface area contributed by atoms with Crippen LogP contribution < -0.4 is 10.1 Å². The van der Waals surface area contributed by atoms with E-state index in [2.05, 4.69) is 31.3 Å². The molecule has 0 unspecified atom stereocenters. The first-order valence-electron chi connectivity index (χ1n) is 3.75. The predicted molar refractivity (Wildman–Crippen MR) is 45.0 cm³/mol. The second kappa shape index (κ2) is 2.16. The molecule has 1 heterocycles. The summed E-state index contributed by atoms with van der Waals surface area (Å²) in [7, 11) is 0. The summed E-state index contributed by atoms with van der Waals surface area (Å²) in [5.74, 6) is 0.988. The van der Waals surface area contributed by atoms with E-state index in [1.54, 1.807) is 0 Å². The molecule has 0 amide bonds. The van der Waals surface area contributed by atoms with Gasteiger partial charge >= 0.3 is 0 Å². The molecule has 0 atom stereocenters. The highest BCUT2D eigenvalue weighted by Gasteiger charge is 2.12. The molecule has 58 valence electrons. The summed E-state index contributed by atoms with van der Waals surface area (Å²) in [6, 6.07) is 4.21. The van der Waals surface area contributed by atoms with E-state index in [1.165, 1.54) is 11.1 Å². The van der Waals surface area contributed by atoms with Gasteiger partial charge in [0.1, 0.15) is 5.75 Å². The molecular weight excluding hydrogens is 138 g/mol. The van der Waals surface area contributed by atoms with E-state index in [9.17, 15) is 0 Å². The monoisotopic (exact) mass is 149 g/mol. The Labute approximate surface area is 66.2 Å². The Morgan fingerprint density at radius 1 is 1.36 bits per heavy atom. The molecule has 2 heteroatoms. The summed E-state index contributed by atoms with van der Waals surface area (Å²) in [6.45, 7) is 4.78. The minimum atomic E-state index is 0.611. The second-order valence-corrected chi connectivity index (χ2v) is 2.92. The van der Waals surface area contributed by atoms with Gasteiger partial charge in [-0.05, 0) is 31.0 Å². The van der Waals surface area contributed by atoms with Crippen molar-refractivity contribution >= 4 is 5.69 Å². The molecule has 1 aliphatic heterocycles. The lowest BCUT2D eigenvalue weighted by molar-refractivity contribution is 0.372. The van der Waals surface area contributed by atoms with Gasteiger partial charge in [-0.3, -0.25) is 0 Å². The standard InChI is InChI=1S/C9H11NO/c1-6-3-7(2)9-8(4-6)11-5-10-9/h3-4,10H,5H2,1-2H3. The number of hydrogen-bond acceptors (Lipinski definition) is 2. The largest absolute Gasteiger partial charge is 0.471 e. The fraction of sp³-hybridized carbons (Fsp3) is 0.333. The summed E-state index contributed by atoms with van der Waals surface area (Å²) < 4.78 is 5.35. The second-order valence-electron chi connectivity index (χ2n) is 2.92. The quantitative estimate of drug-likeness (QED) is 0.609. The van der Waals surface area contributed by atoms with Crippen molar-refractivity contribution in [1.82, 2.24) is 0 Å². The van der Waals surface area contributed by atoms with Crippen molar-refractivity contribution in [3.63, 3.8) is 0 Å². The van der Waals surface area contributed by atoms with Gasteiger partial charge in [-0.2, -0.15) is 0 Å². The summed E-state index contributed by atoms with van der Waals surface area (Å²) in [5.41, 5.74) is 3.66. The summed E-state index contributed by atoms with van der Waals surface area (Å²) in [6.07, 6.45) is 0. The lowest BCUT2D eigenvalue weighted by atomic mass is 10.1. The van der Waals surface area contributed by atoms with Crippen LogP contribution in [0.5, 0.6) is 5.75 Å². The Kier molecular flexibility index (Phi) is 1.28. The van der Waals surface area contributed by atoms with Crippen molar-refractivity contribution in [2.45, 2.75) is 13.8 Å². The summed E-state index contributed by atoms with van der Waals surface area (Å²) in [4.78, 5) is 0. The van der Waals surface area contributed by atoms with Gasteiger partial charge in [0.25, 0.3) is 0 Å². The molecule has 0 aromatic heterocycles. The third-order valence-corrected chi connectivity index (χ3v) is 1.92. The molecule has 0 spiro atoms. The van der Waals surface area contributed by atoms with Crippen LogP contribution >= 0.6 is 0 Å². The third kappa shape index (κ3) is 0.946. The molecule has 2 nitrogen and oxygen atoms in total. The first-order chi connectivity index (χ1) is 5.27. The van der Waals surface area contributed by atoms with Gasteiger partial charge in [0.05, 0.1) is 5.69 Å². The number of anilines is 1. The molecule has 0 saturated carbocycles. The molecule has 1 aliphatic rings. The zero-order chi connectivity index (χ0) is 7.84. The summed E-state index contributed by atoms with van der Waals surface area (Å²) >= 11 is 0. The summed E-state index contributed by atoms with van der Waals surface area (Å²) in [5, 5.41) is 3.17. The Bertz CT molecular complexity index is 294. The van der Waals surface area contributed by atoms with E-state index >= 15 is 0 Å². The van der Waals surface area contributed by atoms with Gasteiger partial charge < -0.3 is 10.1 Å². The van der Waals surface area contributed by atoms with E-state index in [4.69, 9.17) is 4.74 Å². The Hall–Kier alpha value is -1.18. The molecule has 0 saturated heterocycles. The highest BCUT2D eigenvalue weighted by Crippen LogP contribution is 2.33. The molecular formula is C9H11NO. The number of rotatable bonds is 0. The molecule has 11 heavy (non-hydrogen) atoms. The van der Waals surface area contributed by atoms with Crippen LogP contribution in [0.3, 0.4) is 0 Å². The van der Waals surface area contributed by atoms with Crippen molar-refractivity contribution in [3.05, 3.63) is 23.3 Å². The lowest BCUT2D eigenvalue weighted by Gasteiger charge is -2.02. The average molecular weight is 149 g/mol. The van der Waals surface area contributed by atoms with Crippen LogP contribution in [-0.2, 0) is 0 Å². The number of hydrogen-bond donors (Lipinski definition) is 1. The van der Waals surface area contributed by atoms with E-state index in [0.717, 1.165) is 11.4 Å². The number of fused-ring (bicyclic) bond motifs is 1. The van der Waals surface area contributed by atoms with E-state index < -0.39 is 0 Å². The van der Waals surface area contributed by atoms with Gasteiger partial charge in [-0.15, -0.1) is 0 Å². The number of nitrogens with one attached hydrogen (secondary N) is 1. The Balaban J connectivity index is 2.60. The molecule has 0 fully saturated rings. The number of benzene rings is 1. The normalized spacial score (nSPS) is 13.6. The van der Waals surface area contributed by atoms with Crippen LogP contribution in [-0.4, -0.2) is 6.73 Å². The highest BCUT2D eigenvalue weighted by molar-refractivity contribution is 5.65. The van der Waals surface area contributed by atoms with Crippen molar-refractivity contribution in [1.29, 1.82) is 0 Å². The average Bonchev–Trinajstić information content (AvgIpc) is 2.34. The van der Waals surface area contributed by atoms with Crippen LogP contribution in [0.25, 0.3) is 0 Å². The van der Waals surface area contributed by atoms with Crippen molar-refractivity contribution in [2.24, 2.45) is 0 Å². The third-order valence-electron chi connectivity index (χ3n) is 1.92. The van der Waals surface area contributed by atoms with Crippen molar-refractivity contribution < 1.29 is 4.74 Å². The minimum absolute atomic E-state index is 0.611. The highest BCUT2D eigenvalue weighted by atomic mass is 16.5. The number of aryl methyl sites for hydroxylation is 2. The topological polar surface area (TPSA) is 21.3 Å². The maximum absolute atomic E-state index is 5.35. The van der Waals surface area contributed by atoms with Crippen LogP contribution in [0.2, 0.25) is 0 Å². The maximum Gasteiger partial charge on any atom is 0.159 e. The van der Waals surface area contributed by atoms with E-state index in [-0.39, 0.29) is 0 Å². The molecule has 0 radical (unpaired) electrons. The first-order valence-corrected chi connectivity index (χ1v) is 3.75. The zero-order valence-corrected chi connectivity index (χ0v) is 6.77. The van der Waals surface area contributed by atoms with Crippen LogP contribution in [0.1, 0.15) is 11.1 Å². The van der Waals surface area contributed by atoms with Crippen molar-refractivity contribution in [2.75, 3.05) is 12.0 Å². The van der Waals surface area contributed by atoms with Crippen molar-refractivity contribution in [3.8, 4) is 5.75 Å². The minimum Gasteiger partial charge on any atom is -0.471 e. The SMILES string of the molecule is Cc1cc(C)c2c(c1)OCN2. The van der Waals surface area contributed by atoms with Crippen LogP contribution in [0.4, 0.5) is 5.69 Å². The maximum atomic E-state index is 5.35. The number of ether oxygens (including phenoxy) is 1. The van der Waals surface area contributed by atoms with Gasteiger partial charge in [0.15, 0.2) is 6.73 Å². The smallest absolute Gasteiger partial charge is 0.159 e. The van der Waals surface area contributed by atoms with Gasteiger partial charge in [-0.1, -0.05) is 6.07 Å². The van der Waals surface area contributed by atoms with Crippen LogP contribution in [0.15, 0.2) is 12.1 Å². The van der Waals surface area contributed by atoms with Gasteiger partial charge in [0.2, 0.25) is 0 Å². The first kappa shape index (κ1) is 6.53. The Morgan fingerprint density at radius 2 is 2.18 bits per heavy atom.